The third-order valence-corrected chi connectivity index (χ3v) is 4.21. The van der Waals surface area contributed by atoms with E-state index in [1.807, 2.05) is 24.3 Å². The van der Waals surface area contributed by atoms with Gasteiger partial charge in [0.05, 0.1) is 6.61 Å². The molecule has 1 aromatic carbocycles. The second-order valence-electron chi connectivity index (χ2n) is 5.79. The van der Waals surface area contributed by atoms with Crippen molar-refractivity contribution in [3.63, 3.8) is 0 Å². The summed E-state index contributed by atoms with van der Waals surface area (Å²) in [7, 11) is 0. The van der Waals surface area contributed by atoms with E-state index < -0.39 is 0 Å². The Hall–Kier alpha value is -1.51. The van der Waals surface area contributed by atoms with Gasteiger partial charge in [-0.2, -0.15) is 0 Å². The maximum Gasteiger partial charge on any atom is 0.227 e. The molecule has 3 rings (SSSR count). The SMILES string of the molecule is CCCOc1ccc(NC(=O)C2CC3CC3C2)cc1. The molecule has 2 aliphatic carbocycles. The Morgan fingerprint density at radius 2 is 1.89 bits per heavy atom. The normalized spacial score (nSPS) is 27.7. The Bertz CT molecular complexity index is 444. The van der Waals surface area contributed by atoms with E-state index in [1.165, 1.54) is 6.42 Å². The lowest BCUT2D eigenvalue weighted by atomic mass is 10.0. The summed E-state index contributed by atoms with van der Waals surface area (Å²) in [6, 6.07) is 7.66. The number of carbonyl (C=O) groups excluding carboxylic acids is 1. The molecule has 0 saturated heterocycles. The van der Waals surface area contributed by atoms with Gasteiger partial charge in [0.2, 0.25) is 5.91 Å². The zero-order valence-corrected chi connectivity index (χ0v) is 11.4. The average Bonchev–Trinajstić information content (AvgIpc) is 3.04. The van der Waals surface area contributed by atoms with Crippen LogP contribution in [0.1, 0.15) is 32.6 Å². The van der Waals surface area contributed by atoms with E-state index in [0.717, 1.165) is 49.1 Å². The highest BCUT2D eigenvalue weighted by Crippen LogP contribution is 2.54. The fourth-order valence-corrected chi connectivity index (χ4v) is 3.03. The van der Waals surface area contributed by atoms with Crippen LogP contribution in [0.3, 0.4) is 0 Å². The summed E-state index contributed by atoms with van der Waals surface area (Å²) in [6.07, 6.45) is 4.54. The minimum atomic E-state index is 0.189. The van der Waals surface area contributed by atoms with E-state index >= 15 is 0 Å². The minimum absolute atomic E-state index is 0.189. The fourth-order valence-electron chi connectivity index (χ4n) is 3.03. The first-order chi connectivity index (χ1) is 9.26. The van der Waals surface area contributed by atoms with Crippen molar-refractivity contribution in [2.75, 3.05) is 11.9 Å². The summed E-state index contributed by atoms with van der Waals surface area (Å²) in [5.74, 6) is 2.98. The first kappa shape index (κ1) is 12.5. The van der Waals surface area contributed by atoms with Gasteiger partial charge in [-0.1, -0.05) is 6.92 Å². The molecule has 0 heterocycles. The minimum Gasteiger partial charge on any atom is -0.494 e. The smallest absolute Gasteiger partial charge is 0.227 e. The Morgan fingerprint density at radius 3 is 2.53 bits per heavy atom. The lowest BCUT2D eigenvalue weighted by Crippen LogP contribution is -2.21. The molecule has 0 radical (unpaired) electrons. The average molecular weight is 259 g/mol. The van der Waals surface area contributed by atoms with Gasteiger partial charge in [0.15, 0.2) is 0 Å². The maximum absolute atomic E-state index is 12.1. The molecular weight excluding hydrogens is 238 g/mol. The summed E-state index contributed by atoms with van der Waals surface area (Å²) >= 11 is 0. The second-order valence-corrected chi connectivity index (χ2v) is 5.79. The van der Waals surface area contributed by atoms with E-state index in [1.54, 1.807) is 0 Å². The van der Waals surface area contributed by atoms with Gasteiger partial charge in [-0.3, -0.25) is 4.79 Å². The lowest BCUT2D eigenvalue weighted by molar-refractivity contribution is -0.120. The second kappa shape index (κ2) is 5.24. The highest BCUT2D eigenvalue weighted by Gasteiger charge is 2.47. The number of hydrogen-bond donors (Lipinski definition) is 1. The van der Waals surface area contributed by atoms with E-state index in [-0.39, 0.29) is 11.8 Å². The third kappa shape index (κ3) is 2.91. The van der Waals surface area contributed by atoms with E-state index in [2.05, 4.69) is 12.2 Å². The van der Waals surface area contributed by atoms with Gasteiger partial charge in [-0.15, -0.1) is 0 Å². The number of benzene rings is 1. The number of nitrogens with one attached hydrogen (secondary N) is 1. The molecule has 2 aliphatic rings. The standard InChI is InChI=1S/C16H21NO2/c1-2-7-19-15-5-3-14(4-6-15)17-16(18)13-9-11-8-12(11)10-13/h3-6,11-13H,2,7-10H2,1H3,(H,17,18). The highest BCUT2D eigenvalue weighted by atomic mass is 16.5. The van der Waals surface area contributed by atoms with Crippen LogP contribution in [-0.4, -0.2) is 12.5 Å². The highest BCUT2D eigenvalue weighted by molar-refractivity contribution is 5.92. The van der Waals surface area contributed by atoms with Crippen LogP contribution < -0.4 is 10.1 Å². The summed E-state index contributed by atoms with van der Waals surface area (Å²) in [5.41, 5.74) is 0.870. The molecule has 0 spiro atoms. The summed E-state index contributed by atoms with van der Waals surface area (Å²) in [5, 5.41) is 3.01. The van der Waals surface area contributed by atoms with Crippen molar-refractivity contribution in [2.24, 2.45) is 17.8 Å². The topological polar surface area (TPSA) is 38.3 Å². The molecule has 2 saturated carbocycles. The van der Waals surface area contributed by atoms with Crippen LogP contribution in [0, 0.1) is 17.8 Å². The number of ether oxygens (including phenoxy) is 1. The predicted molar refractivity (Wildman–Crippen MR) is 75.2 cm³/mol. The van der Waals surface area contributed by atoms with Crippen molar-refractivity contribution in [3.8, 4) is 5.75 Å². The first-order valence-corrected chi connectivity index (χ1v) is 7.30. The Balaban J connectivity index is 1.52. The monoisotopic (exact) mass is 259 g/mol. The largest absolute Gasteiger partial charge is 0.494 e. The summed E-state index contributed by atoms with van der Waals surface area (Å²) < 4.78 is 5.52. The van der Waals surface area contributed by atoms with Gasteiger partial charge >= 0.3 is 0 Å². The van der Waals surface area contributed by atoms with Crippen molar-refractivity contribution in [1.82, 2.24) is 0 Å². The first-order valence-electron chi connectivity index (χ1n) is 7.30. The van der Waals surface area contributed by atoms with Crippen LogP contribution in [-0.2, 0) is 4.79 Å². The lowest BCUT2D eigenvalue weighted by Gasteiger charge is -2.12. The third-order valence-electron chi connectivity index (χ3n) is 4.21. The van der Waals surface area contributed by atoms with Crippen LogP contribution in [0.4, 0.5) is 5.69 Å². The molecule has 3 nitrogen and oxygen atoms in total. The quantitative estimate of drug-likeness (QED) is 0.879. The number of amides is 1. The zero-order chi connectivity index (χ0) is 13.2. The van der Waals surface area contributed by atoms with E-state index in [9.17, 15) is 4.79 Å². The van der Waals surface area contributed by atoms with Gasteiger partial charge in [0.1, 0.15) is 5.75 Å². The molecule has 0 aliphatic heterocycles. The molecule has 0 aromatic heterocycles. The molecule has 0 bridgehead atoms. The zero-order valence-electron chi connectivity index (χ0n) is 11.4. The summed E-state index contributed by atoms with van der Waals surface area (Å²) in [4.78, 5) is 12.1. The van der Waals surface area contributed by atoms with Gasteiger partial charge < -0.3 is 10.1 Å². The molecule has 1 amide bonds. The number of fused-ring (bicyclic) bond motifs is 1. The molecule has 2 fully saturated rings. The number of anilines is 1. The van der Waals surface area contributed by atoms with E-state index in [4.69, 9.17) is 4.74 Å². The molecule has 3 heteroatoms. The van der Waals surface area contributed by atoms with Crippen LogP contribution in [0.2, 0.25) is 0 Å². The Kier molecular flexibility index (Phi) is 3.45. The molecular formula is C16H21NO2. The van der Waals surface area contributed by atoms with Crippen molar-refractivity contribution in [2.45, 2.75) is 32.6 Å². The Labute approximate surface area is 114 Å². The maximum atomic E-state index is 12.1. The van der Waals surface area contributed by atoms with Crippen molar-refractivity contribution in [3.05, 3.63) is 24.3 Å². The van der Waals surface area contributed by atoms with E-state index in [0.29, 0.717) is 0 Å². The molecule has 1 N–H and O–H groups in total. The molecule has 19 heavy (non-hydrogen) atoms. The molecule has 2 unspecified atom stereocenters. The van der Waals surface area contributed by atoms with Crippen LogP contribution >= 0.6 is 0 Å². The van der Waals surface area contributed by atoms with Gasteiger partial charge in [-0.25, -0.2) is 0 Å². The molecule has 1 aromatic rings. The number of hydrogen-bond acceptors (Lipinski definition) is 2. The predicted octanol–water partition coefficient (Wildman–Crippen LogP) is 3.46. The van der Waals surface area contributed by atoms with Crippen molar-refractivity contribution >= 4 is 11.6 Å². The molecule has 2 atom stereocenters. The van der Waals surface area contributed by atoms with Gasteiger partial charge in [0, 0.05) is 11.6 Å². The number of carbonyl (C=O) groups is 1. The fraction of sp³-hybridized carbons (Fsp3) is 0.562. The summed E-state index contributed by atoms with van der Waals surface area (Å²) in [6.45, 7) is 2.82. The molecule has 102 valence electrons. The van der Waals surface area contributed by atoms with Gasteiger partial charge in [0.25, 0.3) is 0 Å². The Morgan fingerprint density at radius 1 is 1.21 bits per heavy atom. The van der Waals surface area contributed by atoms with Gasteiger partial charge in [-0.05, 0) is 61.8 Å². The van der Waals surface area contributed by atoms with Crippen molar-refractivity contribution < 1.29 is 9.53 Å². The van der Waals surface area contributed by atoms with Crippen LogP contribution in [0.25, 0.3) is 0 Å². The van der Waals surface area contributed by atoms with Crippen LogP contribution in [0.5, 0.6) is 5.75 Å². The van der Waals surface area contributed by atoms with Crippen molar-refractivity contribution in [1.29, 1.82) is 0 Å². The number of rotatable bonds is 5. The van der Waals surface area contributed by atoms with Crippen LogP contribution in [0.15, 0.2) is 24.3 Å².